The summed E-state index contributed by atoms with van der Waals surface area (Å²) in [6.45, 7) is 5.56. The first-order valence-corrected chi connectivity index (χ1v) is 11.1. The number of thiazole rings is 1. The predicted molar refractivity (Wildman–Crippen MR) is 126 cm³/mol. The van der Waals surface area contributed by atoms with Crippen LogP contribution in [0.3, 0.4) is 0 Å². The molecule has 6 nitrogen and oxygen atoms in total. The second kappa shape index (κ2) is 8.99. The molecule has 0 spiro atoms. The van der Waals surface area contributed by atoms with Gasteiger partial charge >= 0.3 is 0 Å². The Kier molecular flexibility index (Phi) is 6.15. The summed E-state index contributed by atoms with van der Waals surface area (Å²) < 4.78 is 6.59. The number of anilines is 1. The number of amides is 1. The van der Waals surface area contributed by atoms with Gasteiger partial charge in [0.1, 0.15) is 0 Å². The van der Waals surface area contributed by atoms with Crippen LogP contribution in [-0.2, 0) is 0 Å². The highest BCUT2D eigenvalue weighted by molar-refractivity contribution is 7.22. The van der Waals surface area contributed by atoms with E-state index in [4.69, 9.17) is 9.51 Å². The van der Waals surface area contributed by atoms with Crippen LogP contribution in [0.4, 0.5) is 5.13 Å². The van der Waals surface area contributed by atoms with Crippen LogP contribution in [0.2, 0.25) is 0 Å². The van der Waals surface area contributed by atoms with Crippen molar-refractivity contribution in [3.05, 3.63) is 65.4 Å². The molecule has 1 amide bonds. The van der Waals surface area contributed by atoms with Crippen molar-refractivity contribution in [3.63, 3.8) is 0 Å². The summed E-state index contributed by atoms with van der Waals surface area (Å²) in [5, 5.41) is 4.77. The van der Waals surface area contributed by atoms with Crippen LogP contribution in [0.15, 0.2) is 53.1 Å². The minimum atomic E-state index is -0.195. The molecule has 4 aromatic rings. The first-order chi connectivity index (χ1) is 14.9. The van der Waals surface area contributed by atoms with Gasteiger partial charge in [0, 0.05) is 18.2 Å². The summed E-state index contributed by atoms with van der Waals surface area (Å²) in [6.07, 6.45) is 0.829. The van der Waals surface area contributed by atoms with E-state index in [9.17, 15) is 4.79 Å². The molecule has 0 N–H and O–H groups in total. The van der Waals surface area contributed by atoms with Gasteiger partial charge in [-0.25, -0.2) is 4.98 Å². The summed E-state index contributed by atoms with van der Waals surface area (Å²) in [5.41, 5.74) is 4.40. The van der Waals surface area contributed by atoms with Crippen molar-refractivity contribution in [2.75, 3.05) is 32.1 Å². The normalized spacial score (nSPS) is 11.4. The lowest BCUT2D eigenvalue weighted by molar-refractivity contribution is 0.0977. The molecule has 2 aromatic carbocycles. The topological polar surface area (TPSA) is 62.5 Å². The molecule has 2 heterocycles. The highest BCUT2D eigenvalue weighted by atomic mass is 32.1. The second-order valence-corrected chi connectivity index (χ2v) is 8.91. The van der Waals surface area contributed by atoms with Gasteiger partial charge in [0.05, 0.1) is 10.2 Å². The molecule has 0 bridgehead atoms. The molecule has 0 unspecified atom stereocenters. The number of carbonyl (C=O) groups is 1. The smallest absolute Gasteiger partial charge is 0.282 e. The minimum Gasteiger partial charge on any atom is -0.355 e. The number of nitrogens with zero attached hydrogens (tertiary/aromatic N) is 4. The van der Waals surface area contributed by atoms with Gasteiger partial charge in [-0.15, -0.1) is 0 Å². The van der Waals surface area contributed by atoms with Crippen LogP contribution >= 0.6 is 11.3 Å². The zero-order valence-corrected chi connectivity index (χ0v) is 19.1. The number of aromatic nitrogens is 2. The average molecular weight is 435 g/mol. The van der Waals surface area contributed by atoms with Gasteiger partial charge in [0.25, 0.3) is 5.91 Å². The van der Waals surface area contributed by atoms with Crippen LogP contribution in [0.5, 0.6) is 0 Å². The average Bonchev–Trinajstić information content (AvgIpc) is 3.42. The van der Waals surface area contributed by atoms with E-state index in [1.807, 2.05) is 51.4 Å². The number of benzene rings is 2. The van der Waals surface area contributed by atoms with Gasteiger partial charge < -0.3 is 9.42 Å². The summed E-state index contributed by atoms with van der Waals surface area (Å²) in [5.74, 6) is 0.382. The maximum atomic E-state index is 13.5. The maximum Gasteiger partial charge on any atom is 0.282 e. The number of rotatable bonds is 7. The monoisotopic (exact) mass is 434 g/mol. The third-order valence-electron chi connectivity index (χ3n) is 5.18. The molecule has 0 fully saturated rings. The van der Waals surface area contributed by atoms with Crippen molar-refractivity contribution in [2.24, 2.45) is 0 Å². The molecule has 31 heavy (non-hydrogen) atoms. The van der Waals surface area contributed by atoms with Crippen LogP contribution in [0.1, 0.15) is 28.0 Å². The number of fused-ring (bicyclic) bond motifs is 1. The molecule has 0 aliphatic heterocycles. The van der Waals surface area contributed by atoms with E-state index in [1.54, 1.807) is 22.3 Å². The lowest BCUT2D eigenvalue weighted by atomic mass is 10.1. The number of hydrogen-bond donors (Lipinski definition) is 0. The van der Waals surface area contributed by atoms with E-state index < -0.39 is 0 Å². The fourth-order valence-electron chi connectivity index (χ4n) is 3.45. The molecule has 0 aliphatic rings. The Labute approximate surface area is 186 Å². The quantitative estimate of drug-likeness (QED) is 0.402. The van der Waals surface area contributed by atoms with Crippen LogP contribution in [-0.4, -0.2) is 48.1 Å². The molecule has 0 radical (unpaired) electrons. The van der Waals surface area contributed by atoms with Gasteiger partial charge in [0.2, 0.25) is 0 Å². The molecule has 4 rings (SSSR count). The van der Waals surface area contributed by atoms with Crippen molar-refractivity contribution in [1.82, 2.24) is 15.0 Å². The zero-order valence-electron chi connectivity index (χ0n) is 18.3. The van der Waals surface area contributed by atoms with Crippen molar-refractivity contribution in [1.29, 1.82) is 0 Å². The van der Waals surface area contributed by atoms with Gasteiger partial charge in [-0.3, -0.25) is 9.69 Å². The third-order valence-corrected chi connectivity index (χ3v) is 6.40. The summed E-state index contributed by atoms with van der Waals surface area (Å²) in [7, 11) is 4.06. The molecular formula is C24H26N4O2S. The summed E-state index contributed by atoms with van der Waals surface area (Å²) in [4.78, 5) is 22.1. The Balaban J connectivity index is 1.68. The lowest BCUT2D eigenvalue weighted by Gasteiger charge is -2.19. The van der Waals surface area contributed by atoms with Crippen molar-refractivity contribution < 1.29 is 9.32 Å². The molecule has 0 saturated heterocycles. The summed E-state index contributed by atoms with van der Waals surface area (Å²) in [6, 6.07) is 15.5. The zero-order chi connectivity index (χ0) is 22.0. The third kappa shape index (κ3) is 4.52. The first-order valence-electron chi connectivity index (χ1n) is 10.3. The van der Waals surface area contributed by atoms with E-state index in [2.05, 4.69) is 29.1 Å². The predicted octanol–water partition coefficient (Wildman–Crippen LogP) is 5.17. The molecule has 7 heteroatoms. The number of carbonyl (C=O) groups excluding carboxylic acids is 1. The first kappa shape index (κ1) is 21.2. The van der Waals surface area contributed by atoms with Gasteiger partial charge in [-0.05, 0) is 52.0 Å². The Morgan fingerprint density at radius 2 is 1.77 bits per heavy atom. The van der Waals surface area contributed by atoms with Gasteiger partial charge in [-0.2, -0.15) is 0 Å². The lowest BCUT2D eigenvalue weighted by Crippen LogP contribution is -2.33. The molecule has 0 aliphatic carbocycles. The fraction of sp³-hybridized carbons (Fsp3) is 0.292. The second-order valence-electron chi connectivity index (χ2n) is 7.93. The Morgan fingerprint density at radius 1 is 1.03 bits per heavy atom. The van der Waals surface area contributed by atoms with E-state index in [-0.39, 0.29) is 11.6 Å². The van der Waals surface area contributed by atoms with Crippen molar-refractivity contribution in [3.8, 4) is 11.3 Å². The minimum absolute atomic E-state index is 0.195. The fourth-order valence-corrected chi connectivity index (χ4v) is 4.58. The standard InChI is InChI=1S/C24H26N4O2S/c1-16-11-12-17(2)22-21(16)25-24(31-22)28(14-8-13-27(3)4)23(29)19-15-20(30-26-19)18-9-6-5-7-10-18/h5-7,9-12,15H,8,13-14H2,1-4H3. The van der Waals surface area contributed by atoms with Crippen molar-refractivity contribution >= 4 is 32.6 Å². The molecule has 2 aromatic heterocycles. The van der Waals surface area contributed by atoms with E-state index >= 15 is 0 Å². The van der Waals surface area contributed by atoms with E-state index in [1.165, 1.54) is 0 Å². The van der Waals surface area contributed by atoms with Crippen LogP contribution < -0.4 is 4.90 Å². The van der Waals surface area contributed by atoms with E-state index in [0.29, 0.717) is 17.4 Å². The SMILES string of the molecule is Cc1ccc(C)c2sc(N(CCCN(C)C)C(=O)c3cc(-c4ccccc4)on3)nc12. The van der Waals surface area contributed by atoms with Crippen LogP contribution in [0.25, 0.3) is 21.5 Å². The van der Waals surface area contributed by atoms with Gasteiger partial charge in [-0.1, -0.05) is 59.0 Å². The molecule has 160 valence electrons. The highest BCUT2D eigenvalue weighted by Gasteiger charge is 2.25. The largest absolute Gasteiger partial charge is 0.355 e. The molecule has 0 saturated carbocycles. The number of aryl methyl sites for hydroxylation is 2. The van der Waals surface area contributed by atoms with Gasteiger partial charge in [0.15, 0.2) is 16.6 Å². The Bertz CT molecular complexity index is 1160. The summed E-state index contributed by atoms with van der Waals surface area (Å²) >= 11 is 1.55. The van der Waals surface area contributed by atoms with Crippen LogP contribution in [0, 0.1) is 13.8 Å². The molecular weight excluding hydrogens is 408 g/mol. The Hall–Kier alpha value is -3.03. The number of hydrogen-bond acceptors (Lipinski definition) is 6. The van der Waals surface area contributed by atoms with E-state index in [0.717, 1.165) is 39.9 Å². The van der Waals surface area contributed by atoms with Crippen molar-refractivity contribution in [2.45, 2.75) is 20.3 Å². The molecule has 0 atom stereocenters. The Morgan fingerprint density at radius 3 is 2.48 bits per heavy atom. The highest BCUT2D eigenvalue weighted by Crippen LogP contribution is 2.34. The maximum absolute atomic E-state index is 13.5.